The van der Waals surface area contributed by atoms with Gasteiger partial charge in [0.05, 0.1) is 0 Å². The fourth-order valence-corrected chi connectivity index (χ4v) is 2.58. The summed E-state index contributed by atoms with van der Waals surface area (Å²) in [6.45, 7) is 3.81. The number of amides is 1. The van der Waals surface area contributed by atoms with E-state index in [1.807, 2.05) is 11.8 Å². The van der Waals surface area contributed by atoms with Gasteiger partial charge >= 0.3 is 0 Å². The number of hydrogen-bond donors (Lipinski definition) is 2. The number of thioether (sulfide) groups is 1. The van der Waals surface area contributed by atoms with Crippen LogP contribution >= 0.6 is 11.8 Å². The number of nitrogens with one attached hydrogen (secondary N) is 1. The molecule has 108 valence electrons. The van der Waals surface area contributed by atoms with Crippen LogP contribution in [0.15, 0.2) is 0 Å². The monoisotopic (exact) mass is 274 g/mol. The maximum atomic E-state index is 11.5. The van der Waals surface area contributed by atoms with Gasteiger partial charge in [0.25, 0.3) is 0 Å². The molecule has 0 aromatic heterocycles. The van der Waals surface area contributed by atoms with Crippen LogP contribution in [0.25, 0.3) is 0 Å². The molecule has 0 heterocycles. The van der Waals surface area contributed by atoms with E-state index in [0.29, 0.717) is 6.42 Å². The quantitative estimate of drug-likeness (QED) is 0.508. The first kappa shape index (κ1) is 17.8. The van der Waals surface area contributed by atoms with Crippen LogP contribution in [0.3, 0.4) is 0 Å². The molecule has 0 aromatic rings. The van der Waals surface area contributed by atoms with Crippen molar-refractivity contribution in [1.82, 2.24) is 5.32 Å². The third-order valence-corrected chi connectivity index (χ3v) is 4.02. The Labute approximate surface area is 117 Å². The summed E-state index contributed by atoms with van der Waals surface area (Å²) in [5.41, 5.74) is 5.42. The number of hydrogen-bond acceptors (Lipinski definition) is 3. The van der Waals surface area contributed by atoms with Crippen LogP contribution in [0.5, 0.6) is 0 Å². The lowest BCUT2D eigenvalue weighted by Gasteiger charge is -2.05. The molecule has 0 aliphatic heterocycles. The summed E-state index contributed by atoms with van der Waals surface area (Å²) in [6, 6.07) is 0. The molecule has 18 heavy (non-hydrogen) atoms. The molecule has 0 aliphatic carbocycles. The van der Waals surface area contributed by atoms with Gasteiger partial charge in [0, 0.05) is 13.0 Å². The van der Waals surface area contributed by atoms with Gasteiger partial charge < -0.3 is 11.1 Å². The van der Waals surface area contributed by atoms with Gasteiger partial charge in [-0.15, -0.1) is 0 Å². The summed E-state index contributed by atoms with van der Waals surface area (Å²) >= 11 is 1.99. The molecule has 3 N–H and O–H groups in total. The molecule has 0 bridgehead atoms. The van der Waals surface area contributed by atoms with Crippen LogP contribution in [0.4, 0.5) is 0 Å². The average molecular weight is 274 g/mol. The molecule has 0 atom stereocenters. The highest BCUT2D eigenvalue weighted by Gasteiger charge is 2.00. The van der Waals surface area contributed by atoms with Crippen LogP contribution in [-0.4, -0.2) is 30.5 Å². The summed E-state index contributed by atoms with van der Waals surface area (Å²) in [7, 11) is 0. The molecular weight excluding hydrogens is 244 g/mol. The number of carbonyl (C=O) groups is 1. The molecule has 0 rings (SSSR count). The molecule has 0 saturated carbocycles. The lowest BCUT2D eigenvalue weighted by atomic mass is 10.2. The van der Waals surface area contributed by atoms with Crippen LogP contribution in [0.1, 0.15) is 58.3 Å². The van der Waals surface area contributed by atoms with Crippen molar-refractivity contribution in [2.24, 2.45) is 5.73 Å². The minimum absolute atomic E-state index is 0.217. The molecule has 1 amide bonds. The highest BCUT2D eigenvalue weighted by Crippen LogP contribution is 2.07. The van der Waals surface area contributed by atoms with E-state index in [0.717, 1.165) is 38.8 Å². The lowest BCUT2D eigenvalue weighted by Crippen LogP contribution is -2.24. The summed E-state index contributed by atoms with van der Waals surface area (Å²) in [6.07, 6.45) is 8.66. The molecule has 0 spiro atoms. The number of rotatable bonds is 13. The Kier molecular flexibility index (Phi) is 14.7. The van der Waals surface area contributed by atoms with E-state index >= 15 is 0 Å². The van der Waals surface area contributed by atoms with Crippen molar-refractivity contribution < 1.29 is 4.79 Å². The van der Waals surface area contributed by atoms with Crippen molar-refractivity contribution in [1.29, 1.82) is 0 Å². The molecule has 0 unspecified atom stereocenters. The largest absolute Gasteiger partial charge is 0.356 e. The Balaban J connectivity index is 3.12. The van der Waals surface area contributed by atoms with Crippen molar-refractivity contribution in [2.45, 2.75) is 58.3 Å². The molecule has 4 heteroatoms. The Morgan fingerprint density at radius 3 is 2.56 bits per heavy atom. The summed E-state index contributed by atoms with van der Waals surface area (Å²) in [4.78, 5) is 11.5. The Morgan fingerprint density at radius 1 is 1.06 bits per heavy atom. The third-order valence-electron chi connectivity index (χ3n) is 2.74. The second kappa shape index (κ2) is 14.8. The van der Waals surface area contributed by atoms with Gasteiger partial charge in [-0.1, -0.05) is 19.8 Å². The molecule has 0 saturated heterocycles. The molecule has 0 fully saturated rings. The van der Waals surface area contributed by atoms with Gasteiger partial charge in [-0.2, -0.15) is 11.8 Å². The van der Waals surface area contributed by atoms with Gasteiger partial charge in [0.1, 0.15) is 0 Å². The zero-order chi connectivity index (χ0) is 13.5. The minimum Gasteiger partial charge on any atom is -0.356 e. The van der Waals surface area contributed by atoms with Gasteiger partial charge in [0.15, 0.2) is 0 Å². The van der Waals surface area contributed by atoms with E-state index in [2.05, 4.69) is 12.2 Å². The van der Waals surface area contributed by atoms with E-state index in [1.165, 1.54) is 30.8 Å². The standard InChI is InChI=1S/C14H30N2OS/c1-2-12-18-13-8-5-9-14(17)16-11-7-4-3-6-10-15/h2-13,15H2,1H3,(H,16,17). The number of carbonyl (C=O) groups excluding carboxylic acids is 1. The van der Waals surface area contributed by atoms with E-state index < -0.39 is 0 Å². The van der Waals surface area contributed by atoms with Crippen LogP contribution < -0.4 is 11.1 Å². The van der Waals surface area contributed by atoms with Gasteiger partial charge in [-0.3, -0.25) is 4.79 Å². The molecule has 0 radical (unpaired) electrons. The zero-order valence-corrected chi connectivity index (χ0v) is 12.7. The average Bonchev–Trinajstić information content (AvgIpc) is 2.38. The maximum absolute atomic E-state index is 11.5. The Morgan fingerprint density at radius 2 is 1.83 bits per heavy atom. The molecular formula is C14H30N2OS. The normalized spacial score (nSPS) is 10.6. The highest BCUT2D eigenvalue weighted by molar-refractivity contribution is 7.99. The second-order valence-corrected chi connectivity index (χ2v) is 5.85. The van der Waals surface area contributed by atoms with Gasteiger partial charge in [-0.05, 0) is 50.2 Å². The summed E-state index contributed by atoms with van der Waals surface area (Å²) < 4.78 is 0. The van der Waals surface area contributed by atoms with E-state index in [1.54, 1.807) is 0 Å². The van der Waals surface area contributed by atoms with E-state index in [-0.39, 0.29) is 5.91 Å². The first-order chi connectivity index (χ1) is 8.81. The summed E-state index contributed by atoms with van der Waals surface area (Å²) in [5, 5.41) is 2.98. The minimum atomic E-state index is 0.217. The van der Waals surface area contributed by atoms with Crippen molar-refractivity contribution in [3.8, 4) is 0 Å². The fraction of sp³-hybridized carbons (Fsp3) is 0.929. The SMILES string of the molecule is CCCSCCCCC(=O)NCCCCCCN. The number of nitrogens with two attached hydrogens (primary N) is 1. The second-order valence-electron chi connectivity index (χ2n) is 4.62. The van der Waals surface area contributed by atoms with Crippen LogP contribution in [0.2, 0.25) is 0 Å². The zero-order valence-electron chi connectivity index (χ0n) is 11.9. The topological polar surface area (TPSA) is 55.1 Å². The van der Waals surface area contributed by atoms with Crippen molar-refractivity contribution in [3.63, 3.8) is 0 Å². The Bertz CT molecular complexity index is 171. The molecule has 0 aliphatic rings. The van der Waals surface area contributed by atoms with E-state index in [9.17, 15) is 4.79 Å². The lowest BCUT2D eigenvalue weighted by molar-refractivity contribution is -0.121. The fourth-order valence-electron chi connectivity index (χ4n) is 1.68. The predicted octanol–water partition coefficient (Wildman–Crippen LogP) is 2.94. The highest BCUT2D eigenvalue weighted by atomic mass is 32.2. The van der Waals surface area contributed by atoms with Crippen molar-refractivity contribution in [3.05, 3.63) is 0 Å². The third kappa shape index (κ3) is 13.8. The van der Waals surface area contributed by atoms with Crippen LogP contribution in [-0.2, 0) is 4.79 Å². The molecule has 3 nitrogen and oxygen atoms in total. The predicted molar refractivity (Wildman–Crippen MR) is 82.0 cm³/mol. The summed E-state index contributed by atoms with van der Waals surface area (Å²) in [5.74, 6) is 2.66. The van der Waals surface area contributed by atoms with Crippen molar-refractivity contribution in [2.75, 3.05) is 24.6 Å². The van der Waals surface area contributed by atoms with Crippen LogP contribution in [0, 0.1) is 0 Å². The van der Waals surface area contributed by atoms with Gasteiger partial charge in [0.2, 0.25) is 5.91 Å². The smallest absolute Gasteiger partial charge is 0.219 e. The Hall–Kier alpha value is -0.220. The van der Waals surface area contributed by atoms with E-state index in [4.69, 9.17) is 5.73 Å². The number of unbranched alkanes of at least 4 members (excludes halogenated alkanes) is 4. The molecule has 0 aromatic carbocycles. The first-order valence-corrected chi connectivity index (χ1v) is 8.51. The first-order valence-electron chi connectivity index (χ1n) is 7.35. The van der Waals surface area contributed by atoms with Crippen molar-refractivity contribution >= 4 is 17.7 Å². The van der Waals surface area contributed by atoms with Gasteiger partial charge in [-0.25, -0.2) is 0 Å². The maximum Gasteiger partial charge on any atom is 0.219 e.